The van der Waals surface area contributed by atoms with Gasteiger partial charge in [-0.1, -0.05) is 50.2 Å². The summed E-state index contributed by atoms with van der Waals surface area (Å²) in [5.41, 5.74) is 2.02. The number of aryl methyl sites for hydroxylation is 1. The number of amides is 2. The number of anilines is 1. The quantitative estimate of drug-likeness (QED) is 0.736. The zero-order valence-electron chi connectivity index (χ0n) is 15.7. The van der Waals surface area contributed by atoms with Crippen LogP contribution in [0.5, 0.6) is 0 Å². The molecule has 0 aromatic heterocycles. The standard InChI is InChI=1S/C21H24N2O4/c1-14(2)19(23-20(25)16-10-5-4-6-11-16)21(26)27-13-18(24)22-17-12-8-7-9-15(17)3/h4-12,14,19H,13H2,1-3H3,(H,22,24)(H,23,25). The largest absolute Gasteiger partial charge is 0.454 e. The van der Waals surface area contributed by atoms with Gasteiger partial charge < -0.3 is 15.4 Å². The third-order valence-electron chi connectivity index (χ3n) is 4.01. The maximum Gasteiger partial charge on any atom is 0.329 e. The lowest BCUT2D eigenvalue weighted by molar-refractivity contribution is -0.150. The Balaban J connectivity index is 1.92. The van der Waals surface area contributed by atoms with Crippen LogP contribution in [0.4, 0.5) is 5.69 Å². The van der Waals surface area contributed by atoms with Crippen LogP contribution in [0.1, 0.15) is 29.8 Å². The van der Waals surface area contributed by atoms with Gasteiger partial charge in [0.25, 0.3) is 11.8 Å². The Kier molecular flexibility index (Phi) is 7.11. The number of hydrogen-bond donors (Lipinski definition) is 2. The first-order valence-corrected chi connectivity index (χ1v) is 8.76. The molecular weight excluding hydrogens is 344 g/mol. The summed E-state index contributed by atoms with van der Waals surface area (Å²) in [5.74, 6) is -1.64. The molecule has 0 saturated carbocycles. The highest BCUT2D eigenvalue weighted by Gasteiger charge is 2.26. The van der Waals surface area contributed by atoms with E-state index < -0.39 is 24.5 Å². The third kappa shape index (κ3) is 5.95. The Bertz CT molecular complexity index is 803. The molecule has 1 unspecified atom stereocenters. The monoisotopic (exact) mass is 368 g/mol. The molecule has 142 valence electrons. The van der Waals surface area contributed by atoms with E-state index in [0.717, 1.165) is 5.56 Å². The lowest BCUT2D eigenvalue weighted by Crippen LogP contribution is -2.45. The van der Waals surface area contributed by atoms with Crippen molar-refractivity contribution in [1.82, 2.24) is 5.32 Å². The molecule has 2 amide bonds. The predicted molar refractivity (Wildman–Crippen MR) is 103 cm³/mol. The molecule has 0 heterocycles. The van der Waals surface area contributed by atoms with Crippen molar-refractivity contribution in [2.75, 3.05) is 11.9 Å². The van der Waals surface area contributed by atoms with E-state index in [-0.39, 0.29) is 11.8 Å². The highest BCUT2D eigenvalue weighted by atomic mass is 16.5. The van der Waals surface area contributed by atoms with Gasteiger partial charge in [0.05, 0.1) is 0 Å². The van der Waals surface area contributed by atoms with Gasteiger partial charge >= 0.3 is 5.97 Å². The van der Waals surface area contributed by atoms with Crippen LogP contribution in [0.3, 0.4) is 0 Å². The Hall–Kier alpha value is -3.15. The zero-order chi connectivity index (χ0) is 19.8. The highest BCUT2D eigenvalue weighted by molar-refractivity contribution is 5.97. The average Bonchev–Trinajstić information content (AvgIpc) is 2.66. The number of ether oxygens (including phenoxy) is 1. The zero-order valence-corrected chi connectivity index (χ0v) is 15.7. The Morgan fingerprint density at radius 2 is 1.59 bits per heavy atom. The molecular formula is C21H24N2O4. The van der Waals surface area contributed by atoms with Crippen LogP contribution in [-0.4, -0.2) is 30.4 Å². The summed E-state index contributed by atoms with van der Waals surface area (Å²) in [7, 11) is 0. The molecule has 2 aromatic rings. The molecule has 2 rings (SSSR count). The van der Waals surface area contributed by atoms with Crippen molar-refractivity contribution in [1.29, 1.82) is 0 Å². The van der Waals surface area contributed by atoms with Crippen molar-refractivity contribution in [2.24, 2.45) is 5.92 Å². The number of para-hydroxylation sites is 1. The topological polar surface area (TPSA) is 84.5 Å². The number of carbonyl (C=O) groups is 3. The van der Waals surface area contributed by atoms with Crippen molar-refractivity contribution in [3.8, 4) is 0 Å². The van der Waals surface area contributed by atoms with Gasteiger partial charge in [0.1, 0.15) is 6.04 Å². The summed E-state index contributed by atoms with van der Waals surface area (Å²) in [6.45, 7) is 5.04. The fourth-order valence-electron chi connectivity index (χ4n) is 2.44. The Morgan fingerprint density at radius 3 is 2.22 bits per heavy atom. The van der Waals surface area contributed by atoms with Crippen LogP contribution in [0.15, 0.2) is 54.6 Å². The molecule has 6 heteroatoms. The second-order valence-electron chi connectivity index (χ2n) is 6.53. The molecule has 0 aliphatic rings. The first-order chi connectivity index (χ1) is 12.9. The number of rotatable bonds is 7. The summed E-state index contributed by atoms with van der Waals surface area (Å²) in [5, 5.41) is 5.37. The first kappa shape index (κ1) is 20.2. The Morgan fingerprint density at radius 1 is 0.963 bits per heavy atom. The minimum atomic E-state index is -0.844. The average molecular weight is 368 g/mol. The lowest BCUT2D eigenvalue weighted by Gasteiger charge is -2.20. The molecule has 1 atom stereocenters. The predicted octanol–water partition coefficient (Wildman–Crippen LogP) is 2.93. The summed E-state index contributed by atoms with van der Waals surface area (Å²) in [6.07, 6.45) is 0. The minimum absolute atomic E-state index is 0.190. The van der Waals surface area contributed by atoms with Gasteiger partial charge in [-0.25, -0.2) is 4.79 Å². The van der Waals surface area contributed by atoms with E-state index >= 15 is 0 Å². The molecule has 0 aliphatic heterocycles. The van der Waals surface area contributed by atoms with Crippen LogP contribution < -0.4 is 10.6 Å². The fourth-order valence-corrected chi connectivity index (χ4v) is 2.44. The number of nitrogens with one attached hydrogen (secondary N) is 2. The van der Waals surface area contributed by atoms with Gasteiger partial charge in [0.15, 0.2) is 6.61 Å². The SMILES string of the molecule is Cc1ccccc1NC(=O)COC(=O)C(NC(=O)c1ccccc1)C(C)C. The van der Waals surface area contributed by atoms with Crippen LogP contribution in [0.2, 0.25) is 0 Å². The summed E-state index contributed by atoms with van der Waals surface area (Å²) < 4.78 is 5.11. The van der Waals surface area contributed by atoms with Crippen molar-refractivity contribution in [3.63, 3.8) is 0 Å². The summed E-state index contributed by atoms with van der Waals surface area (Å²) in [6, 6.07) is 15.1. The van der Waals surface area contributed by atoms with E-state index in [9.17, 15) is 14.4 Å². The summed E-state index contributed by atoms with van der Waals surface area (Å²) in [4.78, 5) is 36.7. The number of carbonyl (C=O) groups excluding carboxylic acids is 3. The molecule has 0 saturated heterocycles. The van der Waals surface area contributed by atoms with E-state index in [1.165, 1.54) is 0 Å². The highest BCUT2D eigenvalue weighted by Crippen LogP contribution is 2.13. The second kappa shape index (κ2) is 9.52. The Labute approximate surface area is 158 Å². The maximum atomic E-state index is 12.4. The maximum absolute atomic E-state index is 12.4. The van der Waals surface area contributed by atoms with Crippen LogP contribution in [0, 0.1) is 12.8 Å². The number of esters is 1. The van der Waals surface area contributed by atoms with E-state index in [1.54, 1.807) is 50.2 Å². The van der Waals surface area contributed by atoms with Crippen LogP contribution in [0.25, 0.3) is 0 Å². The van der Waals surface area contributed by atoms with Crippen LogP contribution in [-0.2, 0) is 14.3 Å². The van der Waals surface area contributed by atoms with Crippen LogP contribution >= 0.6 is 0 Å². The van der Waals surface area contributed by atoms with Crippen molar-refractivity contribution in [2.45, 2.75) is 26.8 Å². The summed E-state index contributed by atoms with van der Waals surface area (Å²) >= 11 is 0. The molecule has 27 heavy (non-hydrogen) atoms. The second-order valence-corrected chi connectivity index (χ2v) is 6.53. The van der Waals surface area contributed by atoms with Gasteiger partial charge in [-0.05, 0) is 36.6 Å². The van der Waals surface area contributed by atoms with Gasteiger partial charge in [0, 0.05) is 11.3 Å². The molecule has 0 radical (unpaired) electrons. The third-order valence-corrected chi connectivity index (χ3v) is 4.01. The van der Waals surface area contributed by atoms with E-state index in [4.69, 9.17) is 4.74 Å². The van der Waals surface area contributed by atoms with Crippen molar-refractivity contribution in [3.05, 3.63) is 65.7 Å². The van der Waals surface area contributed by atoms with Crippen molar-refractivity contribution < 1.29 is 19.1 Å². The lowest BCUT2D eigenvalue weighted by atomic mass is 10.0. The molecule has 6 nitrogen and oxygen atoms in total. The van der Waals surface area contributed by atoms with E-state index in [1.807, 2.05) is 25.1 Å². The molecule has 0 spiro atoms. The van der Waals surface area contributed by atoms with E-state index in [2.05, 4.69) is 10.6 Å². The molecule has 0 bridgehead atoms. The van der Waals surface area contributed by atoms with Gasteiger partial charge in [-0.15, -0.1) is 0 Å². The number of hydrogen-bond acceptors (Lipinski definition) is 4. The molecule has 2 N–H and O–H groups in total. The van der Waals surface area contributed by atoms with Gasteiger partial charge in [-0.3, -0.25) is 9.59 Å². The minimum Gasteiger partial charge on any atom is -0.454 e. The molecule has 0 fully saturated rings. The number of benzene rings is 2. The van der Waals surface area contributed by atoms with E-state index in [0.29, 0.717) is 11.3 Å². The molecule has 0 aliphatic carbocycles. The normalized spacial score (nSPS) is 11.6. The smallest absolute Gasteiger partial charge is 0.329 e. The fraction of sp³-hybridized carbons (Fsp3) is 0.286. The van der Waals surface area contributed by atoms with Crippen molar-refractivity contribution >= 4 is 23.5 Å². The van der Waals surface area contributed by atoms with Gasteiger partial charge in [-0.2, -0.15) is 0 Å². The first-order valence-electron chi connectivity index (χ1n) is 8.76. The van der Waals surface area contributed by atoms with Gasteiger partial charge in [0.2, 0.25) is 0 Å². The molecule has 2 aromatic carbocycles.